The molecule has 172 valence electrons. The lowest BCUT2D eigenvalue weighted by molar-refractivity contribution is 0.285. The largest absolute Gasteiger partial charge is 0.490 e. The molecule has 0 aliphatic heterocycles. The average Bonchev–Trinajstić information content (AvgIpc) is 2.79. The zero-order chi connectivity index (χ0) is 22.3. The molecule has 1 nitrogen and oxygen atoms in total. The first kappa shape index (κ1) is 25.4. The normalized spacial score (nSPS) is 11.1. The molecule has 0 atom stereocenters. The van der Waals surface area contributed by atoms with E-state index in [2.05, 4.69) is 13.8 Å². The summed E-state index contributed by atoms with van der Waals surface area (Å²) in [5.74, 6) is -1.71. The zero-order valence-electron chi connectivity index (χ0n) is 19.5. The fourth-order valence-corrected chi connectivity index (χ4v) is 3.89. The van der Waals surface area contributed by atoms with Crippen LogP contribution in [-0.2, 0) is 6.42 Å². The Morgan fingerprint density at radius 2 is 1.19 bits per heavy atom. The summed E-state index contributed by atoms with van der Waals surface area (Å²) in [4.78, 5) is 0. The Morgan fingerprint density at radius 1 is 0.613 bits per heavy atom. The van der Waals surface area contributed by atoms with Crippen molar-refractivity contribution >= 4 is 0 Å². The summed E-state index contributed by atoms with van der Waals surface area (Å²) < 4.78 is 34.7. The Bertz CT molecular complexity index is 739. The second-order valence-corrected chi connectivity index (χ2v) is 8.57. The van der Waals surface area contributed by atoms with Gasteiger partial charge in [-0.2, -0.15) is 4.39 Å². The molecule has 0 unspecified atom stereocenters. The molecule has 0 aliphatic rings. The standard InChI is InChI=1S/C28H40F2O/c1-3-5-7-9-11-13-15-23-16-18-24(19-17-23)25-20-21-26(28(30)27(25)29)31-22-14-12-10-8-6-4-2/h16-21H,3-15,22H2,1-2H3. The number of rotatable bonds is 16. The Kier molecular flexibility index (Phi) is 12.3. The van der Waals surface area contributed by atoms with Crippen molar-refractivity contribution in [3.63, 3.8) is 0 Å². The predicted molar refractivity (Wildman–Crippen MR) is 128 cm³/mol. The number of ether oxygens (including phenoxy) is 1. The minimum Gasteiger partial charge on any atom is -0.490 e. The summed E-state index contributed by atoms with van der Waals surface area (Å²) in [5, 5.41) is 0. The summed E-state index contributed by atoms with van der Waals surface area (Å²) >= 11 is 0. The van der Waals surface area contributed by atoms with Crippen molar-refractivity contribution in [2.24, 2.45) is 0 Å². The van der Waals surface area contributed by atoms with Gasteiger partial charge in [-0.1, -0.05) is 102 Å². The molecule has 0 amide bonds. The highest BCUT2D eigenvalue weighted by Crippen LogP contribution is 2.30. The Morgan fingerprint density at radius 3 is 1.84 bits per heavy atom. The first-order valence-electron chi connectivity index (χ1n) is 12.4. The molecule has 3 heteroatoms. The third kappa shape index (κ3) is 9.01. The van der Waals surface area contributed by atoms with Crippen molar-refractivity contribution in [3.8, 4) is 16.9 Å². The van der Waals surface area contributed by atoms with Crippen molar-refractivity contribution in [1.82, 2.24) is 0 Å². The van der Waals surface area contributed by atoms with Crippen LogP contribution in [0.5, 0.6) is 5.75 Å². The van der Waals surface area contributed by atoms with Crippen LogP contribution in [0.25, 0.3) is 11.1 Å². The van der Waals surface area contributed by atoms with Crippen molar-refractivity contribution in [3.05, 3.63) is 53.6 Å². The topological polar surface area (TPSA) is 9.23 Å². The molecule has 0 fully saturated rings. The SMILES string of the molecule is CCCCCCCCOc1ccc(-c2ccc(CCCCCCCC)cc2)c(F)c1F. The van der Waals surface area contributed by atoms with Crippen molar-refractivity contribution in [2.45, 2.75) is 97.3 Å². The van der Waals surface area contributed by atoms with Crippen LogP contribution >= 0.6 is 0 Å². The summed E-state index contributed by atoms with van der Waals surface area (Å²) in [6.07, 6.45) is 15.5. The van der Waals surface area contributed by atoms with Gasteiger partial charge in [0.05, 0.1) is 6.61 Å². The number of halogens is 2. The molecule has 2 aromatic carbocycles. The van der Waals surface area contributed by atoms with Crippen LogP contribution in [0, 0.1) is 11.6 Å². The number of unbranched alkanes of at least 4 members (excludes halogenated alkanes) is 10. The average molecular weight is 431 g/mol. The number of hydrogen-bond acceptors (Lipinski definition) is 1. The van der Waals surface area contributed by atoms with Crippen molar-refractivity contribution < 1.29 is 13.5 Å². The maximum absolute atomic E-state index is 14.7. The van der Waals surface area contributed by atoms with E-state index >= 15 is 0 Å². The van der Waals surface area contributed by atoms with E-state index in [4.69, 9.17) is 4.74 Å². The van der Waals surface area contributed by atoms with Crippen LogP contribution in [0.15, 0.2) is 36.4 Å². The molecule has 0 aromatic heterocycles. The summed E-state index contributed by atoms with van der Waals surface area (Å²) in [5.41, 5.74) is 2.24. The van der Waals surface area contributed by atoms with Gasteiger partial charge in [-0.15, -0.1) is 0 Å². The van der Waals surface area contributed by atoms with Gasteiger partial charge in [0.1, 0.15) is 0 Å². The Hall–Kier alpha value is -1.90. The van der Waals surface area contributed by atoms with Gasteiger partial charge in [0.15, 0.2) is 11.6 Å². The zero-order valence-corrected chi connectivity index (χ0v) is 19.5. The van der Waals surface area contributed by atoms with E-state index in [1.54, 1.807) is 12.1 Å². The highest BCUT2D eigenvalue weighted by molar-refractivity contribution is 5.65. The van der Waals surface area contributed by atoms with E-state index in [0.717, 1.165) is 19.3 Å². The highest BCUT2D eigenvalue weighted by atomic mass is 19.2. The molecule has 0 aliphatic carbocycles. The number of benzene rings is 2. The van der Waals surface area contributed by atoms with E-state index in [1.165, 1.54) is 69.8 Å². The quantitative estimate of drug-likeness (QED) is 0.241. The summed E-state index contributed by atoms with van der Waals surface area (Å²) in [6, 6.07) is 11.0. The van der Waals surface area contributed by atoms with Gasteiger partial charge in [0.2, 0.25) is 5.82 Å². The Balaban J connectivity index is 1.83. The first-order chi connectivity index (χ1) is 15.2. The molecule has 2 rings (SSSR count). The van der Waals surface area contributed by atoms with E-state index in [1.807, 2.05) is 24.3 Å². The third-order valence-corrected chi connectivity index (χ3v) is 5.89. The van der Waals surface area contributed by atoms with Gasteiger partial charge in [-0.05, 0) is 42.5 Å². The lowest BCUT2D eigenvalue weighted by atomic mass is 10.00. The fraction of sp³-hybridized carbons (Fsp3) is 0.571. The Labute approximate surface area is 188 Å². The molecule has 0 heterocycles. The third-order valence-electron chi connectivity index (χ3n) is 5.89. The lowest BCUT2D eigenvalue weighted by Crippen LogP contribution is -2.01. The fourth-order valence-electron chi connectivity index (χ4n) is 3.89. The minimum absolute atomic E-state index is 0.00880. The second kappa shape index (κ2) is 15.0. The molecule has 2 aromatic rings. The van der Waals surface area contributed by atoms with Gasteiger partial charge < -0.3 is 4.74 Å². The van der Waals surface area contributed by atoms with Crippen LogP contribution in [-0.4, -0.2) is 6.61 Å². The second-order valence-electron chi connectivity index (χ2n) is 8.57. The monoisotopic (exact) mass is 430 g/mol. The predicted octanol–water partition coefficient (Wildman–Crippen LogP) is 9.27. The van der Waals surface area contributed by atoms with Crippen LogP contribution in [0.1, 0.15) is 96.5 Å². The molecule has 0 spiro atoms. The van der Waals surface area contributed by atoms with Crippen molar-refractivity contribution in [1.29, 1.82) is 0 Å². The van der Waals surface area contributed by atoms with Crippen molar-refractivity contribution in [2.75, 3.05) is 6.61 Å². The maximum Gasteiger partial charge on any atom is 0.201 e. The molecule has 0 saturated carbocycles. The van der Waals surface area contributed by atoms with Gasteiger partial charge in [-0.25, -0.2) is 4.39 Å². The van der Waals surface area contributed by atoms with Gasteiger partial charge >= 0.3 is 0 Å². The van der Waals surface area contributed by atoms with Crippen LogP contribution in [0.3, 0.4) is 0 Å². The van der Waals surface area contributed by atoms with E-state index in [9.17, 15) is 8.78 Å². The molecule has 0 radical (unpaired) electrons. The molecular weight excluding hydrogens is 390 g/mol. The minimum atomic E-state index is -0.889. The van der Waals surface area contributed by atoms with E-state index in [0.29, 0.717) is 12.2 Å². The highest BCUT2D eigenvalue weighted by Gasteiger charge is 2.15. The molecule has 0 saturated heterocycles. The summed E-state index contributed by atoms with van der Waals surface area (Å²) in [6.45, 7) is 4.84. The van der Waals surface area contributed by atoms with Crippen LogP contribution in [0.2, 0.25) is 0 Å². The van der Waals surface area contributed by atoms with E-state index in [-0.39, 0.29) is 11.3 Å². The van der Waals surface area contributed by atoms with Gasteiger partial charge in [0.25, 0.3) is 0 Å². The molecular formula is C28H40F2O. The maximum atomic E-state index is 14.7. The smallest absolute Gasteiger partial charge is 0.201 e. The number of aryl methyl sites for hydroxylation is 1. The molecule has 0 N–H and O–H groups in total. The van der Waals surface area contributed by atoms with Crippen LogP contribution in [0.4, 0.5) is 8.78 Å². The summed E-state index contributed by atoms with van der Waals surface area (Å²) in [7, 11) is 0. The first-order valence-corrected chi connectivity index (χ1v) is 12.4. The van der Waals surface area contributed by atoms with Crippen LogP contribution < -0.4 is 4.74 Å². The van der Waals surface area contributed by atoms with Gasteiger partial charge in [0, 0.05) is 5.56 Å². The number of hydrogen-bond donors (Lipinski definition) is 0. The van der Waals surface area contributed by atoms with Gasteiger partial charge in [-0.3, -0.25) is 0 Å². The lowest BCUT2D eigenvalue weighted by Gasteiger charge is -2.11. The molecule has 0 bridgehead atoms. The van der Waals surface area contributed by atoms with E-state index < -0.39 is 11.6 Å². The molecule has 31 heavy (non-hydrogen) atoms.